The first-order chi connectivity index (χ1) is 12.6. The van der Waals surface area contributed by atoms with Crippen molar-refractivity contribution in [1.82, 2.24) is 0 Å². The van der Waals surface area contributed by atoms with Crippen molar-refractivity contribution in [1.29, 1.82) is 0 Å². The van der Waals surface area contributed by atoms with Crippen LogP contribution in [0.4, 0.5) is 10.1 Å². The summed E-state index contributed by atoms with van der Waals surface area (Å²) in [5, 5.41) is 3.70. The lowest BCUT2D eigenvalue weighted by Crippen LogP contribution is -2.38. The first-order valence-electron chi connectivity index (χ1n) is 8.68. The van der Waals surface area contributed by atoms with Gasteiger partial charge in [-0.3, -0.25) is 4.79 Å². The van der Waals surface area contributed by atoms with Crippen molar-refractivity contribution < 1.29 is 13.6 Å². The summed E-state index contributed by atoms with van der Waals surface area (Å²) in [5.74, 6) is -0.459. The van der Waals surface area contributed by atoms with Crippen molar-refractivity contribution in [3.05, 3.63) is 76.4 Å². The Bertz CT molecular complexity index is 1030. The molecule has 0 saturated heterocycles. The number of fused-ring (bicyclic) bond motifs is 1. The Kier molecular flexibility index (Phi) is 4.07. The van der Waals surface area contributed by atoms with Gasteiger partial charge in [0.05, 0.1) is 5.41 Å². The molecule has 0 bridgehead atoms. The van der Waals surface area contributed by atoms with Crippen LogP contribution < -0.4 is 10.9 Å². The summed E-state index contributed by atoms with van der Waals surface area (Å²) in [4.78, 5) is 24.4. The Balaban J connectivity index is 1.67. The first kappa shape index (κ1) is 16.5. The Morgan fingerprint density at radius 1 is 1.04 bits per heavy atom. The minimum absolute atomic E-state index is 0.127. The van der Waals surface area contributed by atoms with Gasteiger partial charge in [-0.05, 0) is 54.8 Å². The highest BCUT2D eigenvalue weighted by molar-refractivity contribution is 6.00. The molecule has 1 amide bonds. The molecule has 1 fully saturated rings. The molecule has 132 valence electrons. The quantitative estimate of drug-likeness (QED) is 0.712. The molecule has 0 spiro atoms. The molecule has 1 heterocycles. The zero-order valence-electron chi connectivity index (χ0n) is 14.1. The van der Waals surface area contributed by atoms with Crippen molar-refractivity contribution in [2.75, 3.05) is 5.32 Å². The first-order valence-corrected chi connectivity index (χ1v) is 8.68. The Labute approximate surface area is 149 Å². The van der Waals surface area contributed by atoms with E-state index < -0.39 is 11.0 Å². The molecule has 1 aromatic heterocycles. The normalized spacial score (nSPS) is 15.9. The van der Waals surface area contributed by atoms with Gasteiger partial charge in [-0.1, -0.05) is 25.0 Å². The Hall–Kier alpha value is -2.95. The second-order valence-electron chi connectivity index (χ2n) is 6.76. The summed E-state index contributed by atoms with van der Waals surface area (Å²) < 4.78 is 18.8. The summed E-state index contributed by atoms with van der Waals surface area (Å²) in [6.07, 6.45) is 3.27. The predicted molar refractivity (Wildman–Crippen MR) is 97.7 cm³/mol. The molecule has 4 rings (SSSR count). The molecule has 1 N–H and O–H groups in total. The van der Waals surface area contributed by atoms with Gasteiger partial charge in [0.15, 0.2) is 0 Å². The van der Waals surface area contributed by atoms with E-state index in [-0.39, 0.29) is 11.7 Å². The van der Waals surface area contributed by atoms with Gasteiger partial charge < -0.3 is 9.73 Å². The minimum atomic E-state index is -0.708. The van der Waals surface area contributed by atoms with E-state index in [4.69, 9.17) is 4.42 Å². The second-order valence-corrected chi connectivity index (χ2v) is 6.76. The number of anilines is 1. The number of amides is 1. The van der Waals surface area contributed by atoms with Crippen LogP contribution in [0, 0.1) is 5.82 Å². The molecule has 0 radical (unpaired) electrons. The lowest BCUT2D eigenvalue weighted by Gasteiger charge is -2.28. The summed E-state index contributed by atoms with van der Waals surface area (Å²) in [5.41, 5.74) is 0.695. The van der Waals surface area contributed by atoms with E-state index in [0.29, 0.717) is 24.1 Å². The number of rotatable bonds is 3. The van der Waals surface area contributed by atoms with Crippen molar-refractivity contribution >= 4 is 22.6 Å². The van der Waals surface area contributed by atoms with Crippen LogP contribution in [0.5, 0.6) is 0 Å². The fourth-order valence-corrected chi connectivity index (χ4v) is 3.81. The van der Waals surface area contributed by atoms with E-state index in [0.717, 1.165) is 23.8 Å². The van der Waals surface area contributed by atoms with Crippen LogP contribution in [-0.4, -0.2) is 5.91 Å². The third-order valence-corrected chi connectivity index (χ3v) is 5.15. The molecule has 3 aromatic rings. The van der Waals surface area contributed by atoms with Gasteiger partial charge in [-0.25, -0.2) is 9.18 Å². The van der Waals surface area contributed by atoms with E-state index >= 15 is 0 Å². The lowest BCUT2D eigenvalue weighted by atomic mass is 9.78. The summed E-state index contributed by atoms with van der Waals surface area (Å²) >= 11 is 0. The van der Waals surface area contributed by atoms with Gasteiger partial charge in [0, 0.05) is 17.1 Å². The largest absolute Gasteiger partial charge is 0.423 e. The fourth-order valence-electron chi connectivity index (χ4n) is 3.81. The van der Waals surface area contributed by atoms with Gasteiger partial charge in [0.1, 0.15) is 11.4 Å². The lowest BCUT2D eigenvalue weighted by molar-refractivity contribution is -0.121. The summed E-state index contributed by atoms with van der Waals surface area (Å²) in [6, 6.07) is 14.5. The molecule has 4 nitrogen and oxygen atoms in total. The van der Waals surface area contributed by atoms with Crippen molar-refractivity contribution in [2.24, 2.45) is 0 Å². The van der Waals surface area contributed by atoms with Gasteiger partial charge >= 0.3 is 5.63 Å². The van der Waals surface area contributed by atoms with Crippen LogP contribution in [0.2, 0.25) is 0 Å². The summed E-state index contributed by atoms with van der Waals surface area (Å²) in [6.45, 7) is 0. The molecule has 0 unspecified atom stereocenters. The van der Waals surface area contributed by atoms with Crippen molar-refractivity contribution in [2.45, 2.75) is 31.1 Å². The van der Waals surface area contributed by atoms with Gasteiger partial charge in [-0.2, -0.15) is 0 Å². The van der Waals surface area contributed by atoms with E-state index in [2.05, 4.69) is 5.32 Å². The highest BCUT2D eigenvalue weighted by Crippen LogP contribution is 2.42. The third kappa shape index (κ3) is 2.90. The van der Waals surface area contributed by atoms with Crippen molar-refractivity contribution in [3.63, 3.8) is 0 Å². The molecule has 26 heavy (non-hydrogen) atoms. The van der Waals surface area contributed by atoms with Crippen LogP contribution in [0.3, 0.4) is 0 Å². The fraction of sp³-hybridized carbons (Fsp3) is 0.238. The highest BCUT2D eigenvalue weighted by Gasteiger charge is 2.42. The van der Waals surface area contributed by atoms with Crippen LogP contribution in [0.25, 0.3) is 11.0 Å². The Morgan fingerprint density at radius 3 is 2.62 bits per heavy atom. The molecular formula is C21H18FNO3. The van der Waals surface area contributed by atoms with Crippen LogP contribution in [0.1, 0.15) is 31.2 Å². The average Bonchev–Trinajstić information content (AvgIpc) is 3.13. The van der Waals surface area contributed by atoms with E-state index in [1.54, 1.807) is 30.3 Å². The average molecular weight is 351 g/mol. The maximum Gasteiger partial charge on any atom is 0.336 e. The zero-order valence-corrected chi connectivity index (χ0v) is 14.1. The number of nitrogens with one attached hydrogen (secondary N) is 1. The van der Waals surface area contributed by atoms with Crippen LogP contribution in [-0.2, 0) is 10.2 Å². The van der Waals surface area contributed by atoms with Crippen molar-refractivity contribution in [3.8, 4) is 0 Å². The van der Waals surface area contributed by atoms with Gasteiger partial charge in [0.25, 0.3) is 0 Å². The molecular weight excluding hydrogens is 333 g/mol. The van der Waals surface area contributed by atoms with E-state index in [9.17, 15) is 14.0 Å². The number of carbonyl (C=O) groups is 1. The SMILES string of the molecule is O=C(Nc1ccc2oc(=O)ccc2c1)C1(c2cccc(F)c2)CCCC1. The molecule has 1 aliphatic rings. The predicted octanol–water partition coefficient (Wildman–Crippen LogP) is 4.38. The molecule has 0 atom stereocenters. The zero-order chi connectivity index (χ0) is 18.1. The standard InChI is InChI=1S/C21H18FNO3/c22-16-5-3-4-15(13-16)21(10-1-2-11-21)20(25)23-17-7-8-18-14(12-17)6-9-19(24)26-18/h3-9,12-13H,1-2,10-11H2,(H,23,25). The minimum Gasteiger partial charge on any atom is -0.423 e. The number of carbonyl (C=O) groups excluding carboxylic acids is 1. The summed E-state index contributed by atoms with van der Waals surface area (Å²) in [7, 11) is 0. The number of hydrogen-bond acceptors (Lipinski definition) is 3. The second kappa shape index (κ2) is 6.41. The highest BCUT2D eigenvalue weighted by atomic mass is 19.1. The molecule has 2 aromatic carbocycles. The Morgan fingerprint density at radius 2 is 1.85 bits per heavy atom. The topological polar surface area (TPSA) is 59.3 Å². The maximum atomic E-state index is 13.7. The smallest absolute Gasteiger partial charge is 0.336 e. The monoisotopic (exact) mass is 351 g/mol. The molecule has 1 saturated carbocycles. The third-order valence-electron chi connectivity index (χ3n) is 5.15. The number of halogens is 1. The molecule has 0 aliphatic heterocycles. The molecule has 5 heteroatoms. The number of benzene rings is 2. The van der Waals surface area contributed by atoms with Gasteiger partial charge in [-0.15, -0.1) is 0 Å². The number of hydrogen-bond donors (Lipinski definition) is 1. The van der Waals surface area contributed by atoms with E-state index in [1.807, 2.05) is 6.07 Å². The maximum absolute atomic E-state index is 13.7. The van der Waals surface area contributed by atoms with Gasteiger partial charge in [0.2, 0.25) is 5.91 Å². The van der Waals surface area contributed by atoms with Crippen LogP contribution >= 0.6 is 0 Å². The van der Waals surface area contributed by atoms with Crippen LogP contribution in [0.15, 0.2) is 63.8 Å². The van der Waals surface area contributed by atoms with E-state index in [1.165, 1.54) is 18.2 Å². The molecule has 1 aliphatic carbocycles.